The van der Waals surface area contributed by atoms with E-state index in [1.807, 2.05) is 23.6 Å². The van der Waals surface area contributed by atoms with Crippen LogP contribution >= 0.6 is 22.9 Å². The van der Waals surface area contributed by atoms with Crippen molar-refractivity contribution in [2.45, 2.75) is 18.7 Å². The molecule has 2 heterocycles. The number of nitrogens with zero attached hydrogens (tertiary/aromatic N) is 1. The Hall–Kier alpha value is -1.46. The summed E-state index contributed by atoms with van der Waals surface area (Å²) in [6.45, 7) is 0.932. The monoisotopic (exact) mass is 311 g/mol. The Labute approximate surface area is 126 Å². The predicted octanol–water partition coefficient (Wildman–Crippen LogP) is 3.62. The number of benzene rings is 1. The molecule has 106 valence electrons. The van der Waals surface area contributed by atoms with Crippen LogP contribution in [0, 0.1) is 0 Å². The Bertz CT molecular complexity index is 588. The van der Waals surface area contributed by atoms with Crippen molar-refractivity contribution in [3.8, 4) is 17.2 Å². The van der Waals surface area contributed by atoms with E-state index in [4.69, 9.17) is 25.8 Å². The van der Waals surface area contributed by atoms with Crippen molar-refractivity contribution in [1.82, 2.24) is 4.98 Å². The molecule has 0 bridgehead atoms. The lowest BCUT2D eigenvalue weighted by molar-refractivity contribution is 0.173. The molecular weight excluding hydrogens is 298 g/mol. The highest BCUT2D eigenvalue weighted by Crippen LogP contribution is 2.35. The van der Waals surface area contributed by atoms with Gasteiger partial charge in [0.05, 0.1) is 23.2 Å². The molecule has 0 saturated heterocycles. The summed E-state index contributed by atoms with van der Waals surface area (Å²) in [5, 5.41) is 3.11. The molecule has 1 aliphatic heterocycles. The van der Waals surface area contributed by atoms with E-state index >= 15 is 0 Å². The van der Waals surface area contributed by atoms with Crippen LogP contribution in [0.15, 0.2) is 23.6 Å². The molecule has 3 rings (SSSR count). The Morgan fingerprint density at radius 1 is 1.30 bits per heavy atom. The zero-order valence-corrected chi connectivity index (χ0v) is 12.4. The second-order valence-electron chi connectivity index (χ2n) is 4.33. The van der Waals surface area contributed by atoms with Gasteiger partial charge in [0.1, 0.15) is 5.75 Å². The summed E-state index contributed by atoms with van der Waals surface area (Å²) >= 11 is 7.37. The van der Waals surface area contributed by atoms with Crippen molar-refractivity contribution < 1.29 is 14.2 Å². The number of ether oxygens (including phenoxy) is 3. The van der Waals surface area contributed by atoms with Crippen LogP contribution in [-0.4, -0.2) is 18.4 Å². The van der Waals surface area contributed by atoms with E-state index in [0.29, 0.717) is 12.5 Å². The number of halogens is 1. The van der Waals surface area contributed by atoms with Gasteiger partial charge in [-0.3, -0.25) is 0 Å². The van der Waals surface area contributed by atoms with E-state index in [0.717, 1.165) is 40.8 Å². The molecule has 0 spiro atoms. The molecule has 4 nitrogen and oxygen atoms in total. The Morgan fingerprint density at radius 2 is 2.20 bits per heavy atom. The van der Waals surface area contributed by atoms with Crippen molar-refractivity contribution >= 4 is 22.9 Å². The van der Waals surface area contributed by atoms with E-state index in [9.17, 15) is 0 Å². The first-order chi connectivity index (χ1) is 9.85. The number of thiazole rings is 1. The molecule has 0 amide bonds. The first kappa shape index (κ1) is 13.5. The highest BCUT2D eigenvalue weighted by Gasteiger charge is 2.13. The lowest BCUT2D eigenvalue weighted by Crippen LogP contribution is -1.99. The van der Waals surface area contributed by atoms with Crippen LogP contribution in [0.5, 0.6) is 17.2 Å². The van der Waals surface area contributed by atoms with Crippen molar-refractivity contribution in [3.63, 3.8) is 0 Å². The van der Waals surface area contributed by atoms with E-state index in [-0.39, 0.29) is 6.79 Å². The highest BCUT2D eigenvalue weighted by atomic mass is 35.5. The molecule has 0 unspecified atom stereocenters. The summed E-state index contributed by atoms with van der Waals surface area (Å²) in [5.41, 5.74) is 0.948. The van der Waals surface area contributed by atoms with Crippen LogP contribution in [0.3, 0.4) is 0 Å². The number of fused-ring (bicyclic) bond motifs is 1. The summed E-state index contributed by atoms with van der Waals surface area (Å²) in [4.78, 5) is 4.42. The number of rotatable bonds is 6. The fraction of sp³-hybridized carbons (Fsp3) is 0.357. The SMILES string of the molecule is ClCc1csc(CCCOc2ccc3c(c2)OCO3)n1. The average molecular weight is 312 g/mol. The average Bonchev–Trinajstić information content (AvgIpc) is 3.11. The van der Waals surface area contributed by atoms with Gasteiger partial charge in [0.25, 0.3) is 0 Å². The van der Waals surface area contributed by atoms with Gasteiger partial charge in [-0.1, -0.05) is 0 Å². The van der Waals surface area contributed by atoms with Crippen LogP contribution in [0.4, 0.5) is 0 Å². The fourth-order valence-electron chi connectivity index (χ4n) is 1.91. The standard InChI is InChI=1S/C14H14ClNO3S/c15-7-10-8-20-14(16-10)2-1-5-17-11-3-4-12-13(6-11)19-9-18-12/h3-4,6,8H,1-2,5,7,9H2. The molecule has 1 aromatic carbocycles. The van der Waals surface area contributed by atoms with Crippen molar-refractivity contribution in [3.05, 3.63) is 34.3 Å². The second kappa shape index (κ2) is 6.33. The molecule has 6 heteroatoms. The number of aromatic nitrogens is 1. The summed E-state index contributed by atoms with van der Waals surface area (Å²) in [6.07, 6.45) is 1.83. The van der Waals surface area contributed by atoms with E-state index < -0.39 is 0 Å². The maximum Gasteiger partial charge on any atom is 0.231 e. The Balaban J connectivity index is 1.45. The fourth-order valence-corrected chi connectivity index (χ4v) is 2.97. The third-order valence-corrected chi connectivity index (χ3v) is 4.12. The van der Waals surface area contributed by atoms with Crippen LogP contribution in [-0.2, 0) is 12.3 Å². The zero-order valence-electron chi connectivity index (χ0n) is 10.8. The lowest BCUT2D eigenvalue weighted by atomic mass is 10.3. The first-order valence-electron chi connectivity index (χ1n) is 6.37. The largest absolute Gasteiger partial charge is 0.493 e. The van der Waals surface area contributed by atoms with E-state index in [1.54, 1.807) is 11.3 Å². The van der Waals surface area contributed by atoms with Crippen molar-refractivity contribution in [2.75, 3.05) is 13.4 Å². The number of hydrogen-bond acceptors (Lipinski definition) is 5. The Kier molecular flexibility index (Phi) is 4.28. The van der Waals surface area contributed by atoms with Crippen LogP contribution in [0.2, 0.25) is 0 Å². The first-order valence-corrected chi connectivity index (χ1v) is 7.78. The molecule has 20 heavy (non-hydrogen) atoms. The quantitative estimate of drug-likeness (QED) is 0.603. The smallest absolute Gasteiger partial charge is 0.231 e. The summed E-state index contributed by atoms with van der Waals surface area (Å²) < 4.78 is 16.3. The molecular formula is C14H14ClNO3S. The predicted molar refractivity (Wildman–Crippen MR) is 78.1 cm³/mol. The molecule has 0 fully saturated rings. The maximum atomic E-state index is 5.73. The van der Waals surface area contributed by atoms with Crippen molar-refractivity contribution in [1.29, 1.82) is 0 Å². The van der Waals surface area contributed by atoms with E-state index in [2.05, 4.69) is 4.98 Å². The summed E-state index contributed by atoms with van der Waals surface area (Å²) in [7, 11) is 0. The molecule has 0 saturated carbocycles. The van der Waals surface area contributed by atoms with Gasteiger partial charge < -0.3 is 14.2 Å². The van der Waals surface area contributed by atoms with Crippen molar-refractivity contribution in [2.24, 2.45) is 0 Å². The normalized spacial score (nSPS) is 12.7. The minimum atomic E-state index is 0.283. The summed E-state index contributed by atoms with van der Waals surface area (Å²) in [5.74, 6) is 2.79. The summed E-state index contributed by atoms with van der Waals surface area (Å²) in [6, 6.07) is 5.62. The molecule has 0 aliphatic carbocycles. The molecule has 1 aliphatic rings. The molecule has 0 radical (unpaired) electrons. The van der Waals surface area contributed by atoms with Gasteiger partial charge in [0.2, 0.25) is 6.79 Å². The van der Waals surface area contributed by atoms with Crippen LogP contribution in [0.1, 0.15) is 17.1 Å². The van der Waals surface area contributed by atoms with E-state index in [1.165, 1.54) is 0 Å². The molecule has 2 aromatic rings. The molecule has 1 aromatic heterocycles. The molecule has 0 atom stereocenters. The van der Waals surface area contributed by atoms with Gasteiger partial charge in [-0.15, -0.1) is 22.9 Å². The lowest BCUT2D eigenvalue weighted by Gasteiger charge is -2.06. The van der Waals surface area contributed by atoms with Gasteiger partial charge in [-0.25, -0.2) is 4.98 Å². The second-order valence-corrected chi connectivity index (χ2v) is 5.54. The van der Waals surface area contributed by atoms with Gasteiger partial charge in [0, 0.05) is 17.9 Å². The zero-order chi connectivity index (χ0) is 13.8. The number of hydrogen-bond donors (Lipinski definition) is 0. The minimum Gasteiger partial charge on any atom is -0.493 e. The number of aryl methyl sites for hydroxylation is 1. The third-order valence-electron chi connectivity index (χ3n) is 2.88. The maximum absolute atomic E-state index is 5.73. The third kappa shape index (κ3) is 3.16. The minimum absolute atomic E-state index is 0.283. The van der Waals surface area contributed by atoms with Crippen LogP contribution < -0.4 is 14.2 Å². The topological polar surface area (TPSA) is 40.6 Å². The molecule has 0 N–H and O–H groups in total. The Morgan fingerprint density at radius 3 is 3.05 bits per heavy atom. The van der Waals surface area contributed by atoms with Crippen LogP contribution in [0.25, 0.3) is 0 Å². The highest BCUT2D eigenvalue weighted by molar-refractivity contribution is 7.09. The number of alkyl halides is 1. The van der Waals surface area contributed by atoms with Gasteiger partial charge in [-0.05, 0) is 18.6 Å². The van der Waals surface area contributed by atoms with Gasteiger partial charge in [0.15, 0.2) is 11.5 Å². The van der Waals surface area contributed by atoms with Gasteiger partial charge >= 0.3 is 0 Å². The van der Waals surface area contributed by atoms with Gasteiger partial charge in [-0.2, -0.15) is 0 Å².